The Morgan fingerprint density at radius 2 is 2.05 bits per heavy atom. The van der Waals surface area contributed by atoms with Gasteiger partial charge in [0.15, 0.2) is 0 Å². The van der Waals surface area contributed by atoms with Gasteiger partial charge in [-0.1, -0.05) is 12.1 Å². The summed E-state index contributed by atoms with van der Waals surface area (Å²) in [6, 6.07) is 5.68. The first kappa shape index (κ1) is 16.1. The Morgan fingerprint density at radius 3 is 2.60 bits per heavy atom. The minimum atomic E-state index is -0.893. The number of amides is 1. The van der Waals surface area contributed by atoms with E-state index in [1.165, 1.54) is 12.1 Å². The number of carboxylic acid groups (broad SMARTS) is 1. The van der Waals surface area contributed by atoms with Crippen molar-refractivity contribution >= 4 is 11.9 Å². The highest BCUT2D eigenvalue weighted by molar-refractivity contribution is 5.87. The van der Waals surface area contributed by atoms with Crippen molar-refractivity contribution in [2.45, 2.75) is 45.1 Å². The van der Waals surface area contributed by atoms with Gasteiger partial charge in [0.05, 0.1) is 5.41 Å². The summed E-state index contributed by atoms with van der Waals surface area (Å²) >= 11 is 0. The zero-order valence-electron chi connectivity index (χ0n) is 11.9. The van der Waals surface area contributed by atoms with Gasteiger partial charge in [-0.2, -0.15) is 0 Å². The summed E-state index contributed by atoms with van der Waals surface area (Å²) in [5.74, 6) is -1.53. The molecule has 0 bridgehead atoms. The second-order valence-electron chi connectivity index (χ2n) is 5.44. The van der Waals surface area contributed by atoms with E-state index in [1.807, 2.05) is 0 Å². The molecule has 110 valence electrons. The third kappa shape index (κ3) is 4.33. The first-order valence-corrected chi connectivity index (χ1v) is 6.52. The molecule has 2 N–H and O–H groups in total. The highest BCUT2D eigenvalue weighted by atomic mass is 19.1. The molecule has 0 aliphatic rings. The first-order chi connectivity index (χ1) is 9.23. The molecule has 20 heavy (non-hydrogen) atoms. The molecule has 0 saturated heterocycles. The molecule has 0 aliphatic heterocycles. The van der Waals surface area contributed by atoms with Crippen LogP contribution in [-0.2, 0) is 15.0 Å². The zero-order chi connectivity index (χ0) is 15.3. The lowest BCUT2D eigenvalue weighted by atomic mass is 9.83. The van der Waals surface area contributed by atoms with Gasteiger partial charge in [-0.15, -0.1) is 0 Å². The van der Waals surface area contributed by atoms with E-state index in [4.69, 9.17) is 5.11 Å². The Hall–Kier alpha value is -1.91. The number of benzene rings is 1. The van der Waals surface area contributed by atoms with Crippen LogP contribution >= 0.6 is 0 Å². The summed E-state index contributed by atoms with van der Waals surface area (Å²) in [4.78, 5) is 22.7. The van der Waals surface area contributed by atoms with E-state index >= 15 is 0 Å². The highest BCUT2D eigenvalue weighted by Gasteiger charge is 2.30. The number of halogens is 1. The number of carboxylic acids is 1. The predicted molar refractivity (Wildman–Crippen MR) is 73.9 cm³/mol. The van der Waals surface area contributed by atoms with E-state index in [9.17, 15) is 14.0 Å². The van der Waals surface area contributed by atoms with Gasteiger partial charge in [-0.25, -0.2) is 4.39 Å². The van der Waals surface area contributed by atoms with E-state index in [0.717, 1.165) is 0 Å². The van der Waals surface area contributed by atoms with Gasteiger partial charge in [0, 0.05) is 12.5 Å². The maximum absolute atomic E-state index is 13.2. The van der Waals surface area contributed by atoms with Crippen LogP contribution < -0.4 is 5.32 Å². The van der Waals surface area contributed by atoms with E-state index in [0.29, 0.717) is 12.0 Å². The van der Waals surface area contributed by atoms with Crippen LogP contribution in [-0.4, -0.2) is 23.0 Å². The van der Waals surface area contributed by atoms with Gasteiger partial charge in [0.1, 0.15) is 5.82 Å². The summed E-state index contributed by atoms with van der Waals surface area (Å²) in [7, 11) is 0. The maximum Gasteiger partial charge on any atom is 0.303 e. The molecule has 1 amide bonds. The fraction of sp³-hybridized carbons (Fsp3) is 0.467. The molecule has 0 saturated carbocycles. The lowest BCUT2D eigenvalue weighted by Gasteiger charge is -2.26. The summed E-state index contributed by atoms with van der Waals surface area (Å²) < 4.78 is 13.2. The Bertz CT molecular complexity index is 500. The number of hydrogen-bond donors (Lipinski definition) is 2. The van der Waals surface area contributed by atoms with Crippen LogP contribution in [0.15, 0.2) is 24.3 Å². The van der Waals surface area contributed by atoms with Gasteiger partial charge >= 0.3 is 5.97 Å². The molecule has 1 atom stereocenters. The largest absolute Gasteiger partial charge is 0.481 e. The van der Waals surface area contributed by atoms with Crippen molar-refractivity contribution < 1.29 is 19.1 Å². The van der Waals surface area contributed by atoms with E-state index < -0.39 is 11.4 Å². The normalized spacial score (nSPS) is 12.8. The first-order valence-electron chi connectivity index (χ1n) is 6.52. The lowest BCUT2D eigenvalue weighted by molar-refractivity contribution is -0.137. The van der Waals surface area contributed by atoms with Crippen LogP contribution in [0, 0.1) is 5.82 Å². The second-order valence-corrected chi connectivity index (χ2v) is 5.44. The van der Waals surface area contributed by atoms with Gasteiger partial charge in [0.25, 0.3) is 0 Å². The average molecular weight is 281 g/mol. The molecule has 5 heteroatoms. The van der Waals surface area contributed by atoms with Crippen molar-refractivity contribution in [3.8, 4) is 0 Å². The second kappa shape index (κ2) is 6.50. The van der Waals surface area contributed by atoms with Crippen LogP contribution in [0.2, 0.25) is 0 Å². The monoisotopic (exact) mass is 281 g/mol. The molecular formula is C15H20FNO3. The van der Waals surface area contributed by atoms with Crippen molar-refractivity contribution in [2.24, 2.45) is 0 Å². The van der Waals surface area contributed by atoms with Crippen molar-refractivity contribution in [1.82, 2.24) is 5.32 Å². The summed E-state index contributed by atoms with van der Waals surface area (Å²) in [6.07, 6.45) is 0.363. The zero-order valence-corrected chi connectivity index (χ0v) is 11.9. The van der Waals surface area contributed by atoms with E-state index in [2.05, 4.69) is 5.32 Å². The van der Waals surface area contributed by atoms with Crippen LogP contribution in [0.25, 0.3) is 0 Å². The fourth-order valence-electron chi connectivity index (χ4n) is 1.82. The molecule has 0 radical (unpaired) electrons. The SMILES string of the molecule is C[C@H](CCC(=O)O)NC(=O)C(C)(C)c1cccc(F)c1. The van der Waals surface area contributed by atoms with E-state index in [-0.39, 0.29) is 24.2 Å². The predicted octanol–water partition coefficient (Wildman–Crippen LogP) is 2.47. The third-order valence-electron chi connectivity index (χ3n) is 3.28. The average Bonchev–Trinajstić information content (AvgIpc) is 2.36. The molecule has 0 fully saturated rings. The van der Waals surface area contributed by atoms with Crippen LogP contribution in [0.4, 0.5) is 4.39 Å². The number of carbonyl (C=O) groups excluding carboxylic acids is 1. The lowest BCUT2D eigenvalue weighted by Crippen LogP contribution is -2.44. The quantitative estimate of drug-likeness (QED) is 0.841. The van der Waals surface area contributed by atoms with Crippen molar-refractivity contribution in [3.05, 3.63) is 35.6 Å². The molecule has 4 nitrogen and oxygen atoms in total. The molecule has 1 aromatic rings. The highest BCUT2D eigenvalue weighted by Crippen LogP contribution is 2.24. The summed E-state index contributed by atoms with van der Waals surface area (Å²) in [6.45, 7) is 5.17. The number of nitrogens with one attached hydrogen (secondary N) is 1. The molecule has 0 heterocycles. The Labute approximate surface area is 118 Å². The topological polar surface area (TPSA) is 66.4 Å². The van der Waals surface area contributed by atoms with Crippen molar-refractivity contribution in [3.63, 3.8) is 0 Å². The molecule has 0 aliphatic carbocycles. The Morgan fingerprint density at radius 1 is 1.40 bits per heavy atom. The van der Waals surface area contributed by atoms with Crippen molar-refractivity contribution in [2.75, 3.05) is 0 Å². The van der Waals surface area contributed by atoms with Gasteiger partial charge in [0.2, 0.25) is 5.91 Å². The van der Waals surface area contributed by atoms with Gasteiger partial charge < -0.3 is 10.4 Å². The van der Waals surface area contributed by atoms with Crippen molar-refractivity contribution in [1.29, 1.82) is 0 Å². The standard InChI is InChI=1S/C15H20FNO3/c1-10(7-8-13(18)19)17-14(20)15(2,3)11-5-4-6-12(16)9-11/h4-6,9-10H,7-8H2,1-3H3,(H,17,20)(H,18,19)/t10-/m1/s1. The minimum absolute atomic E-state index is 0.00183. The molecule has 1 aromatic carbocycles. The molecule has 0 unspecified atom stereocenters. The number of carbonyl (C=O) groups is 2. The minimum Gasteiger partial charge on any atom is -0.481 e. The van der Waals surface area contributed by atoms with Crippen LogP contribution in [0.1, 0.15) is 39.2 Å². The number of rotatable bonds is 6. The Balaban J connectivity index is 2.72. The van der Waals surface area contributed by atoms with E-state index in [1.54, 1.807) is 32.9 Å². The third-order valence-corrected chi connectivity index (χ3v) is 3.28. The number of hydrogen-bond acceptors (Lipinski definition) is 2. The molecule has 1 rings (SSSR count). The Kier molecular flexibility index (Phi) is 5.25. The van der Waals surface area contributed by atoms with Gasteiger partial charge in [-0.05, 0) is 44.9 Å². The molecule has 0 aromatic heterocycles. The fourth-order valence-corrected chi connectivity index (χ4v) is 1.82. The molecule has 0 spiro atoms. The summed E-state index contributed by atoms with van der Waals surface area (Å²) in [5.41, 5.74) is -0.292. The maximum atomic E-state index is 13.2. The van der Waals surface area contributed by atoms with Crippen LogP contribution in [0.5, 0.6) is 0 Å². The summed E-state index contributed by atoms with van der Waals surface area (Å²) in [5, 5.41) is 11.4. The van der Waals surface area contributed by atoms with Gasteiger partial charge in [-0.3, -0.25) is 9.59 Å². The smallest absolute Gasteiger partial charge is 0.303 e. The molecular weight excluding hydrogens is 261 g/mol. The number of aliphatic carboxylic acids is 1. The van der Waals surface area contributed by atoms with Crippen LogP contribution in [0.3, 0.4) is 0 Å².